The summed E-state index contributed by atoms with van der Waals surface area (Å²) in [7, 11) is 3.43. The van der Waals surface area contributed by atoms with Crippen LogP contribution in [0, 0.1) is 0 Å². The first-order chi connectivity index (χ1) is 6.75. The van der Waals surface area contributed by atoms with Gasteiger partial charge >= 0.3 is 17.9 Å². The molecule has 0 spiro atoms. The predicted molar refractivity (Wildman–Crippen MR) is 50.6 cm³/mol. The summed E-state index contributed by atoms with van der Waals surface area (Å²) in [5.41, 5.74) is 0. The summed E-state index contributed by atoms with van der Waals surface area (Å²) >= 11 is 0. The van der Waals surface area contributed by atoms with E-state index in [9.17, 15) is 14.4 Å². The summed E-state index contributed by atoms with van der Waals surface area (Å²) in [6.07, 6.45) is 1.12. The minimum atomic E-state index is -1.26. The minimum absolute atomic E-state index is 0. The molecule has 3 N–H and O–H groups in total. The van der Waals surface area contributed by atoms with E-state index in [2.05, 4.69) is 0 Å². The van der Waals surface area contributed by atoms with Gasteiger partial charge in [0, 0.05) is 29.2 Å². The molecule has 0 amide bonds. The van der Waals surface area contributed by atoms with Crippen LogP contribution in [0.4, 0.5) is 0 Å². The molecular weight excluding hydrogens is 270 g/mol. The Morgan fingerprint density at radius 3 is 1.38 bits per heavy atom. The average molecular weight is 283 g/mol. The molecule has 8 heteroatoms. The first-order valence-corrected chi connectivity index (χ1v) is 3.76. The van der Waals surface area contributed by atoms with Gasteiger partial charge in [-0.05, 0) is 14.1 Å². The largest absolute Gasteiger partial charge is 0.480 e. The van der Waals surface area contributed by atoms with Gasteiger partial charge in [0.2, 0.25) is 0 Å². The van der Waals surface area contributed by atoms with Gasteiger partial charge < -0.3 is 15.3 Å². The summed E-state index contributed by atoms with van der Waals surface area (Å²) < 4.78 is 0. The van der Waals surface area contributed by atoms with Crippen molar-refractivity contribution in [2.75, 3.05) is 20.6 Å². The Kier molecular flexibility index (Phi) is 14.7. The molecule has 7 nitrogen and oxygen atoms in total. The summed E-state index contributed by atoms with van der Waals surface area (Å²) in [5, 5.41) is 23.7. The van der Waals surface area contributed by atoms with Crippen molar-refractivity contribution in [2.45, 2.75) is 0 Å². The van der Waals surface area contributed by atoms with Crippen molar-refractivity contribution >= 4 is 17.9 Å². The van der Waals surface area contributed by atoms with Crippen LogP contribution in [0.25, 0.3) is 0 Å². The number of rotatable bonds is 4. The third-order valence-electron chi connectivity index (χ3n) is 0.820. The van der Waals surface area contributed by atoms with Crippen LogP contribution < -0.4 is 0 Å². The van der Waals surface area contributed by atoms with E-state index in [1.54, 1.807) is 19.0 Å². The van der Waals surface area contributed by atoms with Crippen LogP contribution in [0.15, 0.2) is 12.2 Å². The zero-order valence-electron chi connectivity index (χ0n) is 8.68. The first kappa shape index (κ1) is 20.1. The van der Waals surface area contributed by atoms with E-state index in [4.69, 9.17) is 15.3 Å². The Balaban J connectivity index is -0.000000200. The number of carboxylic acid groups (broad SMARTS) is 3. The Bertz CT molecular complexity index is 247. The van der Waals surface area contributed by atoms with E-state index in [0.29, 0.717) is 12.2 Å². The second-order valence-electron chi connectivity index (χ2n) is 2.64. The Labute approximate surface area is 103 Å². The van der Waals surface area contributed by atoms with Crippen LogP contribution in [0.5, 0.6) is 0 Å². The topological polar surface area (TPSA) is 115 Å². The van der Waals surface area contributed by atoms with Crippen molar-refractivity contribution in [3.05, 3.63) is 12.2 Å². The van der Waals surface area contributed by atoms with Gasteiger partial charge in [0.25, 0.3) is 0 Å². The molecule has 0 aromatic carbocycles. The number of hydrogen-bond acceptors (Lipinski definition) is 4. The van der Waals surface area contributed by atoms with Crippen molar-refractivity contribution in [3.8, 4) is 0 Å². The Morgan fingerprint density at radius 1 is 1.00 bits per heavy atom. The van der Waals surface area contributed by atoms with Crippen molar-refractivity contribution in [1.29, 1.82) is 0 Å². The first-order valence-electron chi connectivity index (χ1n) is 3.76. The number of likely N-dealkylation sites (N-methyl/N-ethyl adjacent to an activating group) is 1. The molecule has 0 saturated carbocycles. The van der Waals surface area contributed by atoms with Crippen molar-refractivity contribution in [3.63, 3.8) is 0 Å². The molecule has 0 bridgehead atoms. The fourth-order valence-electron chi connectivity index (χ4n) is 0.413. The third kappa shape index (κ3) is 29.3. The van der Waals surface area contributed by atoms with Crippen LogP contribution in [0.2, 0.25) is 0 Å². The summed E-state index contributed by atoms with van der Waals surface area (Å²) in [5.74, 6) is -3.30. The molecule has 0 aliphatic carbocycles. The summed E-state index contributed by atoms with van der Waals surface area (Å²) in [4.78, 5) is 30.5. The monoisotopic (exact) mass is 282 g/mol. The molecule has 0 atom stereocenters. The Morgan fingerprint density at radius 2 is 1.31 bits per heavy atom. The maximum atomic E-state index is 9.77. The van der Waals surface area contributed by atoms with Crippen LogP contribution in [0.1, 0.15) is 0 Å². The Hall–Kier alpha value is -1.37. The SMILES string of the molecule is CN(C)CC(=O)O.O=C(O)/C=C/C(=O)O.[Cu]. The second-order valence-corrected chi connectivity index (χ2v) is 2.64. The van der Waals surface area contributed by atoms with Crippen LogP contribution >= 0.6 is 0 Å². The molecular formula is C8H13CuNO6. The van der Waals surface area contributed by atoms with Gasteiger partial charge in [0.15, 0.2) is 0 Å². The summed E-state index contributed by atoms with van der Waals surface area (Å²) in [6, 6.07) is 0. The second kappa shape index (κ2) is 11.7. The van der Waals surface area contributed by atoms with E-state index in [0.717, 1.165) is 0 Å². The normalized spacial score (nSPS) is 8.94. The smallest absolute Gasteiger partial charge is 0.328 e. The van der Waals surface area contributed by atoms with Gasteiger partial charge in [-0.1, -0.05) is 0 Å². The molecule has 1 radical (unpaired) electrons. The molecule has 97 valence electrons. The number of carboxylic acids is 3. The van der Waals surface area contributed by atoms with Crippen molar-refractivity contribution in [2.24, 2.45) is 0 Å². The standard InChI is InChI=1S/C4H9NO2.C4H4O4.Cu/c1-5(2)3-4(6)7;5-3(6)1-2-4(7)8;/h3H2,1-2H3,(H,6,7);1-2H,(H,5,6)(H,7,8);/b;2-1+;. The van der Waals surface area contributed by atoms with Gasteiger partial charge in [-0.25, -0.2) is 9.59 Å². The van der Waals surface area contributed by atoms with Crippen LogP contribution in [-0.2, 0) is 31.5 Å². The molecule has 0 heterocycles. The average Bonchev–Trinajstić information content (AvgIpc) is 1.99. The molecule has 0 saturated heterocycles. The van der Waals surface area contributed by atoms with Crippen molar-refractivity contribution in [1.82, 2.24) is 4.90 Å². The molecule has 0 aliphatic heterocycles. The molecule has 0 unspecified atom stereocenters. The van der Waals surface area contributed by atoms with Crippen LogP contribution in [-0.4, -0.2) is 58.8 Å². The third-order valence-corrected chi connectivity index (χ3v) is 0.820. The molecule has 0 fully saturated rings. The van der Waals surface area contributed by atoms with Gasteiger partial charge in [0.05, 0.1) is 6.54 Å². The fraction of sp³-hybridized carbons (Fsp3) is 0.375. The molecule has 0 aromatic heterocycles. The quantitative estimate of drug-likeness (QED) is 0.463. The van der Waals surface area contributed by atoms with Gasteiger partial charge in [-0.3, -0.25) is 9.69 Å². The number of carbonyl (C=O) groups is 3. The minimum Gasteiger partial charge on any atom is -0.480 e. The van der Waals surface area contributed by atoms with E-state index in [-0.39, 0.29) is 23.6 Å². The molecule has 0 rings (SSSR count). The van der Waals surface area contributed by atoms with Crippen LogP contribution in [0.3, 0.4) is 0 Å². The van der Waals surface area contributed by atoms with Crippen molar-refractivity contribution < 1.29 is 46.8 Å². The maximum Gasteiger partial charge on any atom is 0.328 e. The van der Waals surface area contributed by atoms with E-state index in [1.807, 2.05) is 0 Å². The zero-order chi connectivity index (χ0) is 12.4. The number of hydrogen-bond donors (Lipinski definition) is 3. The zero-order valence-corrected chi connectivity index (χ0v) is 9.62. The van der Waals surface area contributed by atoms with Gasteiger partial charge in [-0.2, -0.15) is 0 Å². The number of nitrogens with zero attached hydrogens (tertiary/aromatic N) is 1. The maximum absolute atomic E-state index is 9.77. The van der Waals surface area contributed by atoms with Gasteiger partial charge in [-0.15, -0.1) is 0 Å². The molecule has 0 aliphatic rings. The predicted octanol–water partition coefficient (Wildman–Crippen LogP) is -0.658. The van der Waals surface area contributed by atoms with Gasteiger partial charge in [0.1, 0.15) is 0 Å². The molecule has 0 aromatic rings. The fourth-order valence-corrected chi connectivity index (χ4v) is 0.413. The molecule has 16 heavy (non-hydrogen) atoms. The van der Waals surface area contributed by atoms with E-state index < -0.39 is 17.9 Å². The van der Waals surface area contributed by atoms with E-state index in [1.165, 1.54) is 0 Å². The van der Waals surface area contributed by atoms with E-state index >= 15 is 0 Å². The number of aliphatic carboxylic acids is 3. The summed E-state index contributed by atoms with van der Waals surface area (Å²) in [6.45, 7) is 0.111.